The molecule has 0 aromatic carbocycles. The molecule has 0 spiro atoms. The zero-order valence-electron chi connectivity index (χ0n) is 7.02. The molecule has 0 radical (unpaired) electrons. The molecule has 0 aliphatic carbocycles. The van der Waals surface area contributed by atoms with Crippen molar-refractivity contribution in [1.82, 2.24) is 5.32 Å². The summed E-state index contributed by atoms with van der Waals surface area (Å²) in [7, 11) is 1.60. The molecule has 74 valence electrons. The van der Waals surface area contributed by atoms with Gasteiger partial charge in [-0.1, -0.05) is 0 Å². The van der Waals surface area contributed by atoms with Crippen LogP contribution in [0.2, 0.25) is 0 Å². The molecule has 0 amide bonds. The molecule has 1 rings (SSSR count). The molecule has 4 N–H and O–H groups in total. The molecule has 0 bridgehead atoms. The van der Waals surface area contributed by atoms with Crippen molar-refractivity contribution in [3.63, 3.8) is 0 Å². The predicted molar refractivity (Wildman–Crippen MR) is 42.1 cm³/mol. The van der Waals surface area contributed by atoms with Gasteiger partial charge in [0.2, 0.25) is 5.76 Å². The monoisotopic (exact) mass is 189 g/mol. The van der Waals surface area contributed by atoms with Crippen LogP contribution < -0.4 is 5.32 Å². The minimum absolute atomic E-state index is 0.148. The largest absolute Gasteiger partial charge is 0.505 e. The summed E-state index contributed by atoms with van der Waals surface area (Å²) in [6.07, 6.45) is -2.24. The molecule has 0 saturated carbocycles. The molecule has 6 heteroatoms. The third kappa shape index (κ3) is 1.73. The van der Waals surface area contributed by atoms with E-state index in [0.717, 1.165) is 0 Å². The highest BCUT2D eigenvalue weighted by Gasteiger charge is 2.38. The number of esters is 1. The highest BCUT2D eigenvalue weighted by Crippen LogP contribution is 2.20. The number of rotatable bonds is 3. The number of hydrogen-bond acceptors (Lipinski definition) is 6. The molecule has 0 saturated heterocycles. The lowest BCUT2D eigenvalue weighted by Crippen LogP contribution is -2.36. The van der Waals surface area contributed by atoms with Crippen molar-refractivity contribution in [2.24, 2.45) is 0 Å². The number of carbonyl (C=O) groups excluding carboxylic acids is 1. The summed E-state index contributed by atoms with van der Waals surface area (Å²) in [6.45, 7) is 0.148. The standard InChI is InChI=1S/C7H11NO5/c1-8-2-3(9)6-4(10)5(11)7(12)13-6/h3,6,8-11H,2H2,1H3/t3-,6+/m0/s1. The first-order valence-electron chi connectivity index (χ1n) is 3.73. The maximum absolute atomic E-state index is 10.7. The van der Waals surface area contributed by atoms with Gasteiger partial charge in [-0.25, -0.2) is 4.79 Å². The molecule has 2 atom stereocenters. The van der Waals surface area contributed by atoms with Crippen molar-refractivity contribution in [1.29, 1.82) is 0 Å². The summed E-state index contributed by atoms with van der Waals surface area (Å²) < 4.78 is 4.50. The van der Waals surface area contributed by atoms with E-state index >= 15 is 0 Å². The van der Waals surface area contributed by atoms with E-state index in [4.69, 9.17) is 10.2 Å². The number of likely N-dealkylation sites (N-methyl/N-ethyl adjacent to an activating group) is 1. The molecular weight excluding hydrogens is 178 g/mol. The van der Waals surface area contributed by atoms with Gasteiger partial charge in [0.1, 0.15) is 6.10 Å². The SMILES string of the molecule is CNC[C@H](O)[C@H]1OC(=O)C(O)=C1O. The summed E-state index contributed by atoms with van der Waals surface area (Å²) in [5.41, 5.74) is 0. The second-order valence-electron chi connectivity index (χ2n) is 2.68. The van der Waals surface area contributed by atoms with E-state index in [-0.39, 0.29) is 6.54 Å². The fraction of sp³-hybridized carbons (Fsp3) is 0.571. The number of cyclic esters (lactones) is 1. The van der Waals surface area contributed by atoms with Crippen LogP contribution in [0.25, 0.3) is 0 Å². The van der Waals surface area contributed by atoms with E-state index in [1.165, 1.54) is 0 Å². The van der Waals surface area contributed by atoms with Crippen molar-refractivity contribution >= 4 is 5.97 Å². The van der Waals surface area contributed by atoms with Crippen LogP contribution in [0, 0.1) is 0 Å². The zero-order chi connectivity index (χ0) is 10.0. The van der Waals surface area contributed by atoms with Gasteiger partial charge < -0.3 is 25.4 Å². The van der Waals surface area contributed by atoms with Gasteiger partial charge in [0.25, 0.3) is 0 Å². The Morgan fingerprint density at radius 3 is 2.62 bits per heavy atom. The number of ether oxygens (including phenoxy) is 1. The third-order valence-corrected chi connectivity index (χ3v) is 1.70. The first-order valence-corrected chi connectivity index (χ1v) is 3.73. The maximum Gasteiger partial charge on any atom is 0.377 e. The molecule has 0 unspecified atom stereocenters. The van der Waals surface area contributed by atoms with Crippen molar-refractivity contribution in [2.45, 2.75) is 12.2 Å². The highest BCUT2D eigenvalue weighted by atomic mass is 16.6. The minimum atomic E-state index is -1.17. The van der Waals surface area contributed by atoms with Crippen molar-refractivity contribution in [3.05, 3.63) is 11.5 Å². The molecule has 0 aromatic heterocycles. The number of carbonyl (C=O) groups is 1. The number of aliphatic hydroxyl groups is 3. The number of aliphatic hydroxyl groups excluding tert-OH is 3. The normalized spacial score (nSPS) is 24.8. The Labute approximate surface area is 74.4 Å². The summed E-state index contributed by atoms with van der Waals surface area (Å²) in [5, 5.41) is 29.9. The van der Waals surface area contributed by atoms with Crippen molar-refractivity contribution < 1.29 is 24.9 Å². The molecule has 1 heterocycles. The van der Waals surface area contributed by atoms with E-state index < -0.39 is 29.7 Å². The number of nitrogens with one attached hydrogen (secondary N) is 1. The zero-order valence-corrected chi connectivity index (χ0v) is 7.02. The second-order valence-corrected chi connectivity index (χ2v) is 2.68. The van der Waals surface area contributed by atoms with E-state index in [1.54, 1.807) is 7.05 Å². The smallest absolute Gasteiger partial charge is 0.377 e. The van der Waals surface area contributed by atoms with Gasteiger partial charge in [0.05, 0.1) is 0 Å². The Kier molecular flexibility index (Phi) is 2.74. The molecule has 1 aliphatic heterocycles. The van der Waals surface area contributed by atoms with E-state index in [9.17, 15) is 9.90 Å². The van der Waals surface area contributed by atoms with Crippen LogP contribution in [-0.4, -0.2) is 47.1 Å². The van der Waals surface area contributed by atoms with Gasteiger partial charge >= 0.3 is 5.97 Å². The van der Waals surface area contributed by atoms with Crippen LogP contribution in [0.15, 0.2) is 11.5 Å². The van der Waals surface area contributed by atoms with Crippen molar-refractivity contribution in [3.8, 4) is 0 Å². The van der Waals surface area contributed by atoms with E-state index in [0.29, 0.717) is 0 Å². The number of hydrogen-bond donors (Lipinski definition) is 4. The molecule has 0 fully saturated rings. The summed E-state index contributed by atoms with van der Waals surface area (Å²) >= 11 is 0. The van der Waals surface area contributed by atoms with Crippen LogP contribution in [-0.2, 0) is 9.53 Å². The fourth-order valence-electron chi connectivity index (χ4n) is 1.04. The first-order chi connectivity index (χ1) is 6.07. The lowest BCUT2D eigenvalue weighted by atomic mass is 10.2. The molecule has 13 heavy (non-hydrogen) atoms. The van der Waals surface area contributed by atoms with Gasteiger partial charge in [-0.15, -0.1) is 0 Å². The Bertz CT molecular complexity index is 249. The van der Waals surface area contributed by atoms with Crippen molar-refractivity contribution in [2.75, 3.05) is 13.6 Å². The van der Waals surface area contributed by atoms with E-state index in [2.05, 4.69) is 10.1 Å². The van der Waals surface area contributed by atoms with Gasteiger partial charge in [0, 0.05) is 6.54 Å². The molecule has 1 aliphatic rings. The van der Waals surface area contributed by atoms with E-state index in [1.807, 2.05) is 0 Å². The van der Waals surface area contributed by atoms with Gasteiger partial charge in [-0.3, -0.25) is 0 Å². The summed E-state index contributed by atoms with van der Waals surface area (Å²) in [5.74, 6) is -2.47. The highest BCUT2D eigenvalue weighted by molar-refractivity contribution is 5.89. The Hall–Kier alpha value is -1.27. The first kappa shape index (κ1) is 9.82. The third-order valence-electron chi connectivity index (χ3n) is 1.70. The molecule has 6 nitrogen and oxygen atoms in total. The Morgan fingerprint density at radius 2 is 2.23 bits per heavy atom. The minimum Gasteiger partial charge on any atom is -0.505 e. The lowest BCUT2D eigenvalue weighted by Gasteiger charge is -2.16. The van der Waals surface area contributed by atoms with Gasteiger partial charge in [-0.05, 0) is 7.05 Å². The quantitative estimate of drug-likeness (QED) is 0.417. The molecule has 0 aromatic rings. The Balaban J connectivity index is 2.70. The maximum atomic E-state index is 10.7. The van der Waals surface area contributed by atoms with Crippen LogP contribution in [0.1, 0.15) is 0 Å². The summed E-state index contributed by atoms with van der Waals surface area (Å²) in [6, 6.07) is 0. The van der Waals surface area contributed by atoms with Crippen LogP contribution >= 0.6 is 0 Å². The average Bonchev–Trinajstić information content (AvgIpc) is 2.33. The van der Waals surface area contributed by atoms with Crippen LogP contribution in [0.5, 0.6) is 0 Å². The average molecular weight is 189 g/mol. The fourth-order valence-corrected chi connectivity index (χ4v) is 1.04. The van der Waals surface area contributed by atoms with Gasteiger partial charge in [-0.2, -0.15) is 0 Å². The van der Waals surface area contributed by atoms with Crippen LogP contribution in [0.3, 0.4) is 0 Å². The van der Waals surface area contributed by atoms with Gasteiger partial charge in [0.15, 0.2) is 11.9 Å². The summed E-state index contributed by atoms with van der Waals surface area (Å²) in [4.78, 5) is 10.7. The topological polar surface area (TPSA) is 99.0 Å². The van der Waals surface area contributed by atoms with Crippen LogP contribution in [0.4, 0.5) is 0 Å². The Morgan fingerprint density at radius 1 is 1.62 bits per heavy atom. The molecular formula is C7H11NO5. The lowest BCUT2D eigenvalue weighted by molar-refractivity contribution is -0.146. The second kappa shape index (κ2) is 3.63. The predicted octanol–water partition coefficient (Wildman–Crippen LogP) is -1.18.